The highest BCUT2D eigenvalue weighted by Gasteiger charge is 2.29. The summed E-state index contributed by atoms with van der Waals surface area (Å²) < 4.78 is 31.3. The van der Waals surface area contributed by atoms with Crippen LogP contribution >= 0.6 is 0 Å². The zero-order valence-corrected chi connectivity index (χ0v) is 9.59. The summed E-state index contributed by atoms with van der Waals surface area (Å²) in [6, 6.07) is 5.14. The highest BCUT2D eigenvalue weighted by molar-refractivity contribution is 7.82. The lowest BCUT2D eigenvalue weighted by Crippen LogP contribution is -2.10. The number of hydrogen-bond donors (Lipinski definition) is 0. The Morgan fingerprint density at radius 2 is 1.67 bits per heavy atom. The normalized spacial score (nSPS) is 17.8. The predicted molar refractivity (Wildman–Crippen MR) is 55.3 cm³/mol. The van der Waals surface area contributed by atoms with Crippen molar-refractivity contribution in [1.82, 2.24) is 0 Å². The molecule has 0 aliphatic carbocycles. The number of rotatable bonds is 0. The Morgan fingerprint density at radius 3 is 2.27 bits per heavy atom. The van der Waals surface area contributed by atoms with Gasteiger partial charge in [0.1, 0.15) is 0 Å². The highest BCUT2D eigenvalue weighted by atomic mass is 32.3. The molecule has 1 aliphatic heterocycles. The molecule has 0 amide bonds. The van der Waals surface area contributed by atoms with E-state index in [0.717, 1.165) is 5.56 Å². The van der Waals surface area contributed by atoms with Gasteiger partial charge >= 0.3 is 10.4 Å². The van der Waals surface area contributed by atoms with Gasteiger partial charge in [0.05, 0.1) is 0 Å². The molecule has 1 aromatic rings. The second-order valence-electron chi connectivity index (χ2n) is 4.49. The SMILES string of the molecule is CC(C)(C)c1ccc2c(c1)OS(=O)(=O)O2. The Balaban J connectivity index is 2.48. The Hall–Kier alpha value is -1.23. The summed E-state index contributed by atoms with van der Waals surface area (Å²) in [4.78, 5) is 0. The molecular formula is C10H12O4S. The van der Waals surface area contributed by atoms with E-state index in [0.29, 0.717) is 0 Å². The van der Waals surface area contributed by atoms with Gasteiger partial charge in [-0.05, 0) is 23.1 Å². The second-order valence-corrected chi connectivity index (χ2v) is 5.64. The van der Waals surface area contributed by atoms with Crippen LogP contribution in [0.15, 0.2) is 18.2 Å². The van der Waals surface area contributed by atoms with Gasteiger partial charge in [0.15, 0.2) is 11.5 Å². The van der Waals surface area contributed by atoms with E-state index < -0.39 is 10.4 Å². The summed E-state index contributed by atoms with van der Waals surface area (Å²) in [6.45, 7) is 6.12. The van der Waals surface area contributed by atoms with E-state index in [1.165, 1.54) is 0 Å². The molecule has 0 aromatic heterocycles. The molecule has 0 saturated heterocycles. The van der Waals surface area contributed by atoms with E-state index >= 15 is 0 Å². The van der Waals surface area contributed by atoms with Gasteiger partial charge in [-0.2, -0.15) is 0 Å². The predicted octanol–water partition coefficient (Wildman–Crippen LogP) is 2.00. The molecule has 0 saturated carbocycles. The number of hydrogen-bond acceptors (Lipinski definition) is 4. The smallest absolute Gasteiger partial charge is 0.349 e. The largest absolute Gasteiger partial charge is 0.501 e. The second kappa shape index (κ2) is 2.88. The minimum absolute atomic E-state index is 0.0509. The maximum Gasteiger partial charge on any atom is 0.501 e. The molecular weight excluding hydrogens is 216 g/mol. The molecule has 0 atom stereocenters. The van der Waals surface area contributed by atoms with Crippen molar-refractivity contribution in [2.24, 2.45) is 0 Å². The van der Waals surface area contributed by atoms with Crippen molar-refractivity contribution in [3.8, 4) is 11.5 Å². The van der Waals surface area contributed by atoms with Crippen LogP contribution in [0.3, 0.4) is 0 Å². The quantitative estimate of drug-likeness (QED) is 0.681. The summed E-state index contributed by atoms with van der Waals surface area (Å²) in [7, 11) is -3.87. The van der Waals surface area contributed by atoms with Gasteiger partial charge in [-0.3, -0.25) is 0 Å². The Morgan fingerprint density at radius 1 is 1.07 bits per heavy atom. The van der Waals surface area contributed by atoms with E-state index in [2.05, 4.69) is 8.37 Å². The van der Waals surface area contributed by atoms with Gasteiger partial charge in [0.2, 0.25) is 0 Å². The first-order chi connectivity index (χ1) is 6.78. The average molecular weight is 228 g/mol. The zero-order valence-electron chi connectivity index (χ0n) is 8.77. The van der Waals surface area contributed by atoms with Crippen molar-refractivity contribution in [2.75, 3.05) is 0 Å². The van der Waals surface area contributed by atoms with Gasteiger partial charge < -0.3 is 8.37 Å². The van der Waals surface area contributed by atoms with Crippen LogP contribution in [0, 0.1) is 0 Å². The van der Waals surface area contributed by atoms with E-state index in [4.69, 9.17) is 0 Å². The van der Waals surface area contributed by atoms with Crippen molar-refractivity contribution < 1.29 is 16.8 Å². The third-order valence-electron chi connectivity index (χ3n) is 2.19. The van der Waals surface area contributed by atoms with Crippen molar-refractivity contribution >= 4 is 10.4 Å². The van der Waals surface area contributed by atoms with Gasteiger partial charge in [-0.15, -0.1) is 8.42 Å². The Kier molecular flexibility index (Phi) is 1.98. The van der Waals surface area contributed by atoms with E-state index in [-0.39, 0.29) is 16.9 Å². The summed E-state index contributed by atoms with van der Waals surface area (Å²) in [5.41, 5.74) is 0.951. The molecule has 0 spiro atoms. The lowest BCUT2D eigenvalue weighted by Gasteiger charge is -2.18. The molecule has 0 radical (unpaired) electrons. The van der Waals surface area contributed by atoms with Crippen molar-refractivity contribution in [2.45, 2.75) is 26.2 Å². The molecule has 0 unspecified atom stereocenters. The van der Waals surface area contributed by atoms with Crippen molar-refractivity contribution in [1.29, 1.82) is 0 Å². The maximum atomic E-state index is 11.0. The molecule has 1 aromatic carbocycles. The Labute approximate surface area is 89.2 Å². The lowest BCUT2D eigenvalue weighted by molar-refractivity contribution is 0.436. The van der Waals surface area contributed by atoms with Gasteiger partial charge in [0.25, 0.3) is 0 Å². The Bertz CT molecular complexity index is 497. The van der Waals surface area contributed by atoms with Crippen LogP contribution in [0.2, 0.25) is 0 Å². The van der Waals surface area contributed by atoms with Gasteiger partial charge in [-0.25, -0.2) is 0 Å². The van der Waals surface area contributed by atoms with Crippen LogP contribution in [0.5, 0.6) is 11.5 Å². The van der Waals surface area contributed by atoms with Crippen LogP contribution < -0.4 is 8.37 Å². The fourth-order valence-electron chi connectivity index (χ4n) is 1.35. The fraction of sp³-hybridized carbons (Fsp3) is 0.400. The summed E-state index contributed by atoms with van der Waals surface area (Å²) in [5, 5.41) is 0. The third-order valence-corrected chi connectivity index (χ3v) is 2.96. The minimum atomic E-state index is -3.87. The third kappa shape index (κ3) is 1.92. The van der Waals surface area contributed by atoms with Crippen LogP contribution in [0.1, 0.15) is 26.3 Å². The molecule has 2 rings (SSSR count). The van der Waals surface area contributed by atoms with Crippen LogP contribution in [-0.4, -0.2) is 8.42 Å². The summed E-state index contributed by atoms with van der Waals surface area (Å²) in [5.74, 6) is 0.519. The first-order valence-electron chi connectivity index (χ1n) is 4.56. The van der Waals surface area contributed by atoms with Crippen molar-refractivity contribution in [3.05, 3.63) is 23.8 Å². The maximum absolute atomic E-state index is 11.0. The standard InChI is InChI=1S/C10H12O4S/c1-10(2,3)7-4-5-8-9(6-7)14-15(11,12)13-8/h4-6H,1-3H3. The number of benzene rings is 1. The average Bonchev–Trinajstić information content (AvgIpc) is 2.34. The van der Waals surface area contributed by atoms with Crippen LogP contribution in [0.25, 0.3) is 0 Å². The molecule has 1 aliphatic rings. The molecule has 82 valence electrons. The summed E-state index contributed by atoms with van der Waals surface area (Å²) >= 11 is 0. The van der Waals surface area contributed by atoms with Gasteiger partial charge in [-0.1, -0.05) is 26.8 Å². The van der Waals surface area contributed by atoms with E-state index in [1.807, 2.05) is 26.8 Å². The molecule has 0 N–H and O–H groups in total. The zero-order chi connectivity index (χ0) is 11.3. The minimum Gasteiger partial charge on any atom is -0.349 e. The van der Waals surface area contributed by atoms with E-state index in [1.54, 1.807) is 12.1 Å². The monoisotopic (exact) mass is 228 g/mol. The lowest BCUT2D eigenvalue weighted by atomic mass is 9.87. The molecule has 0 bridgehead atoms. The van der Waals surface area contributed by atoms with Crippen LogP contribution in [-0.2, 0) is 15.8 Å². The number of fused-ring (bicyclic) bond motifs is 1. The topological polar surface area (TPSA) is 52.6 Å². The molecule has 4 nitrogen and oxygen atoms in total. The molecule has 1 heterocycles. The first kappa shape index (κ1) is 10.3. The fourth-order valence-corrected chi connectivity index (χ4v) is 2.09. The molecule has 5 heteroatoms. The van der Waals surface area contributed by atoms with Gasteiger partial charge in [0, 0.05) is 0 Å². The van der Waals surface area contributed by atoms with Crippen LogP contribution in [0.4, 0.5) is 0 Å². The summed E-state index contributed by atoms with van der Waals surface area (Å²) in [6.07, 6.45) is 0. The molecule has 0 fully saturated rings. The van der Waals surface area contributed by atoms with Crippen molar-refractivity contribution in [3.63, 3.8) is 0 Å². The first-order valence-corrected chi connectivity index (χ1v) is 5.90. The van der Waals surface area contributed by atoms with E-state index in [9.17, 15) is 8.42 Å². The highest BCUT2D eigenvalue weighted by Crippen LogP contribution is 2.38. The molecule has 15 heavy (non-hydrogen) atoms.